The molecule has 1 amide bonds. The molecular weight excluding hydrogens is 1120 g/mol. The molecule has 0 spiro atoms. The Bertz CT molecular complexity index is 1910. The van der Waals surface area contributed by atoms with E-state index in [0.717, 1.165) is 89.9 Å². The average Bonchev–Trinajstić information content (AvgIpc) is 1.04. The molecule has 0 aliphatic carbocycles. The molecule has 502 valence electrons. The predicted molar refractivity (Wildman–Crippen MR) is 337 cm³/mol. The van der Waals surface area contributed by atoms with E-state index in [1.165, 1.54) is 89.9 Å². The maximum atomic E-state index is 13.3. The zero-order chi connectivity index (χ0) is 63.3. The number of amides is 1. The molecule has 3 heterocycles. The van der Waals surface area contributed by atoms with Gasteiger partial charge in [0, 0.05) is 6.42 Å². The van der Waals surface area contributed by atoms with E-state index in [-0.39, 0.29) is 18.9 Å². The van der Waals surface area contributed by atoms with E-state index in [2.05, 4.69) is 92.1 Å². The largest absolute Gasteiger partial charge is 0.394 e. The molecule has 87 heavy (non-hydrogen) atoms. The van der Waals surface area contributed by atoms with Crippen LogP contribution in [0.15, 0.2) is 85.1 Å². The van der Waals surface area contributed by atoms with Gasteiger partial charge >= 0.3 is 0 Å². The van der Waals surface area contributed by atoms with Crippen molar-refractivity contribution in [2.75, 3.05) is 26.4 Å². The lowest BCUT2D eigenvalue weighted by Gasteiger charge is -2.48. The normalized spacial score (nSPS) is 29.1. The fraction of sp³-hybridized carbons (Fsp3) is 0.779. The second-order valence-corrected chi connectivity index (χ2v) is 23.6. The molecule has 19 heteroatoms. The van der Waals surface area contributed by atoms with Crippen LogP contribution in [0.4, 0.5) is 0 Å². The minimum atomic E-state index is -1.98. The van der Waals surface area contributed by atoms with Crippen molar-refractivity contribution >= 4 is 5.91 Å². The summed E-state index contributed by atoms with van der Waals surface area (Å²) in [4.78, 5) is 13.3. The van der Waals surface area contributed by atoms with Gasteiger partial charge in [0.2, 0.25) is 5.91 Å². The Labute approximate surface area is 520 Å². The number of aliphatic hydroxyl groups is 11. The van der Waals surface area contributed by atoms with Crippen LogP contribution in [0.3, 0.4) is 0 Å². The number of hydrogen-bond acceptors (Lipinski definition) is 18. The van der Waals surface area contributed by atoms with E-state index in [9.17, 15) is 61.0 Å². The van der Waals surface area contributed by atoms with Crippen LogP contribution in [-0.4, -0.2) is 193 Å². The molecule has 3 aliphatic heterocycles. The fourth-order valence-electron chi connectivity index (χ4n) is 10.8. The van der Waals surface area contributed by atoms with Crippen molar-refractivity contribution in [3.63, 3.8) is 0 Å². The highest BCUT2D eigenvalue weighted by Gasteiger charge is 2.53. The Kier molecular flexibility index (Phi) is 44.6. The van der Waals surface area contributed by atoms with Crippen LogP contribution >= 0.6 is 0 Å². The molecule has 3 rings (SSSR count). The van der Waals surface area contributed by atoms with E-state index in [1.54, 1.807) is 6.08 Å². The summed E-state index contributed by atoms with van der Waals surface area (Å²) in [5, 5.41) is 120. The lowest BCUT2D eigenvalue weighted by molar-refractivity contribution is -0.379. The first-order chi connectivity index (χ1) is 42.3. The summed E-state index contributed by atoms with van der Waals surface area (Å²) in [6.45, 7) is 1.56. The smallest absolute Gasteiger partial charge is 0.220 e. The van der Waals surface area contributed by atoms with Gasteiger partial charge in [-0.1, -0.05) is 214 Å². The third-order valence-corrected chi connectivity index (χ3v) is 16.2. The van der Waals surface area contributed by atoms with Crippen LogP contribution in [0, 0.1) is 0 Å². The van der Waals surface area contributed by atoms with Gasteiger partial charge in [0.15, 0.2) is 18.9 Å². The number of carbonyl (C=O) groups excluding carboxylic acids is 1. The number of carbonyl (C=O) groups is 1. The van der Waals surface area contributed by atoms with E-state index in [4.69, 9.17) is 28.4 Å². The Balaban J connectivity index is 1.34. The van der Waals surface area contributed by atoms with Gasteiger partial charge in [-0.05, 0) is 70.6 Å². The zero-order valence-corrected chi connectivity index (χ0v) is 52.7. The fourth-order valence-corrected chi connectivity index (χ4v) is 10.8. The number of allylic oxidation sites excluding steroid dienone is 13. The SMILES string of the molecule is CC/C=C\C/C=C\C/C=C\C/C=C\C/C=C\C/C=C\CCCCCCCCCCCCCCCCC(=O)NC(COC1OC(CO)C(OC2OC(CO)C(OC3OC(CO)C(O)C(O)C3O)C(O)C2O)C(O)C1O)C(O)/C=C/CCCCCCCCC. The van der Waals surface area contributed by atoms with Crippen LogP contribution < -0.4 is 5.32 Å². The first-order valence-corrected chi connectivity index (χ1v) is 33.3. The Hall–Kier alpha value is -3.03. The number of nitrogens with one attached hydrogen (secondary N) is 1. The summed E-state index contributed by atoms with van der Waals surface area (Å²) < 4.78 is 34.2. The molecule has 0 radical (unpaired) electrons. The van der Waals surface area contributed by atoms with Crippen molar-refractivity contribution < 1.29 is 89.4 Å². The minimum Gasteiger partial charge on any atom is -0.394 e. The number of rotatable bonds is 49. The van der Waals surface area contributed by atoms with Gasteiger partial charge in [-0.2, -0.15) is 0 Å². The maximum absolute atomic E-state index is 13.3. The van der Waals surface area contributed by atoms with Crippen LogP contribution in [0.2, 0.25) is 0 Å². The number of ether oxygens (including phenoxy) is 6. The first kappa shape index (κ1) is 78.2. The third kappa shape index (κ3) is 32.2. The maximum Gasteiger partial charge on any atom is 0.220 e. The van der Waals surface area contributed by atoms with Gasteiger partial charge in [0.25, 0.3) is 0 Å². The number of unbranched alkanes of at least 4 members (excludes halogenated alkanes) is 21. The Morgan fingerprint density at radius 1 is 0.425 bits per heavy atom. The van der Waals surface area contributed by atoms with Gasteiger partial charge in [0.05, 0.1) is 38.6 Å². The van der Waals surface area contributed by atoms with Crippen molar-refractivity contribution in [1.82, 2.24) is 5.32 Å². The second kappa shape index (κ2) is 49.6. The highest BCUT2D eigenvalue weighted by atomic mass is 16.8. The van der Waals surface area contributed by atoms with Gasteiger partial charge in [-0.25, -0.2) is 0 Å². The van der Waals surface area contributed by atoms with Gasteiger partial charge in [-0.3, -0.25) is 4.79 Å². The van der Waals surface area contributed by atoms with Gasteiger partial charge in [-0.15, -0.1) is 0 Å². The van der Waals surface area contributed by atoms with E-state index in [0.29, 0.717) is 6.42 Å². The van der Waals surface area contributed by atoms with Crippen molar-refractivity contribution in [1.29, 1.82) is 0 Å². The Morgan fingerprint density at radius 2 is 0.793 bits per heavy atom. The molecule has 19 nitrogen and oxygen atoms in total. The molecule has 0 saturated carbocycles. The van der Waals surface area contributed by atoms with Gasteiger partial charge < -0.3 is 89.9 Å². The standard InChI is InChI=1S/C68H117NO18/c1-3-5-7-9-11-13-14-15-16-17-18-19-20-21-22-23-24-25-26-27-28-29-30-31-32-33-34-35-36-38-40-42-44-46-56(74)69-51(52(73)45-43-41-39-37-12-10-8-6-4-2)50-82-66-62(80)59(77)64(54(48-71)84-66)87-68-63(81)60(78)65(55(49-72)85-68)86-67-61(79)58(76)57(75)53(47-70)83-67/h5,7,11,13,15-16,18-19,21-22,24-25,43,45,51-55,57-68,70-73,75-81H,3-4,6,8-10,12,14,17,20,23,26-42,44,46-50H2,1-2H3,(H,69,74)/b7-5-,13-11-,16-15-,19-18-,22-21-,25-24-,45-43+. The Morgan fingerprint density at radius 3 is 1.24 bits per heavy atom. The monoisotopic (exact) mass is 1240 g/mol. The predicted octanol–water partition coefficient (Wildman–Crippen LogP) is 7.93. The zero-order valence-electron chi connectivity index (χ0n) is 52.7. The summed E-state index contributed by atoms with van der Waals surface area (Å²) in [6, 6.07) is -0.975. The second-order valence-electron chi connectivity index (χ2n) is 23.6. The molecule has 17 atom stereocenters. The lowest BCUT2D eigenvalue weighted by Crippen LogP contribution is -2.66. The molecule has 3 saturated heterocycles. The summed E-state index contributed by atoms with van der Waals surface area (Å²) in [5.41, 5.74) is 0. The summed E-state index contributed by atoms with van der Waals surface area (Å²) in [6.07, 6.45) is 36.0. The van der Waals surface area contributed by atoms with Crippen molar-refractivity contribution in [3.8, 4) is 0 Å². The van der Waals surface area contributed by atoms with Crippen LogP contribution in [0.5, 0.6) is 0 Å². The van der Waals surface area contributed by atoms with E-state index in [1.807, 2.05) is 6.08 Å². The average molecular weight is 1240 g/mol. The summed E-state index contributed by atoms with van der Waals surface area (Å²) in [5.74, 6) is -0.282. The van der Waals surface area contributed by atoms with Crippen LogP contribution in [-0.2, 0) is 33.2 Å². The van der Waals surface area contributed by atoms with E-state index >= 15 is 0 Å². The van der Waals surface area contributed by atoms with Crippen LogP contribution in [0.1, 0.15) is 206 Å². The third-order valence-electron chi connectivity index (χ3n) is 16.2. The quantitative estimate of drug-likeness (QED) is 0.0203. The lowest BCUT2D eigenvalue weighted by atomic mass is 9.96. The highest BCUT2D eigenvalue weighted by Crippen LogP contribution is 2.33. The molecule has 12 N–H and O–H groups in total. The van der Waals surface area contributed by atoms with Gasteiger partial charge in [0.1, 0.15) is 73.2 Å². The summed E-state index contributed by atoms with van der Waals surface area (Å²) >= 11 is 0. The molecule has 0 aromatic carbocycles. The van der Waals surface area contributed by atoms with Crippen molar-refractivity contribution in [2.24, 2.45) is 0 Å². The highest BCUT2D eigenvalue weighted by molar-refractivity contribution is 5.76. The molecule has 17 unspecified atom stereocenters. The minimum absolute atomic E-state index is 0.238. The summed E-state index contributed by atoms with van der Waals surface area (Å²) in [7, 11) is 0. The van der Waals surface area contributed by atoms with E-state index < -0.39 is 124 Å². The molecule has 3 aliphatic rings. The van der Waals surface area contributed by atoms with Crippen LogP contribution in [0.25, 0.3) is 0 Å². The van der Waals surface area contributed by atoms with Crippen molar-refractivity contribution in [2.45, 2.75) is 311 Å². The number of hydrogen-bond donors (Lipinski definition) is 12. The molecule has 3 fully saturated rings. The molecule has 0 aromatic heterocycles. The molecular formula is C68H117NO18. The molecule has 0 aromatic rings. The molecule has 0 bridgehead atoms. The topological polar surface area (TPSA) is 307 Å². The van der Waals surface area contributed by atoms with Crippen molar-refractivity contribution in [3.05, 3.63) is 85.1 Å². The first-order valence-electron chi connectivity index (χ1n) is 33.3. The number of aliphatic hydroxyl groups excluding tert-OH is 11.